The zero-order valence-corrected chi connectivity index (χ0v) is 21.5. The van der Waals surface area contributed by atoms with Gasteiger partial charge in [-0.15, -0.1) is 11.8 Å². The number of imide groups is 1. The van der Waals surface area contributed by atoms with Gasteiger partial charge in [-0.1, -0.05) is 36.0 Å². The summed E-state index contributed by atoms with van der Waals surface area (Å²) in [6.07, 6.45) is 2.81. The second-order valence-corrected chi connectivity index (χ2v) is 12.4. The highest BCUT2D eigenvalue weighted by Crippen LogP contribution is 2.68. The number of thioether (sulfide) groups is 1. The fourth-order valence-corrected chi connectivity index (χ4v) is 10.2. The summed E-state index contributed by atoms with van der Waals surface area (Å²) < 4.78 is 5.71. The van der Waals surface area contributed by atoms with Crippen molar-refractivity contribution in [3.63, 3.8) is 0 Å². The Morgan fingerprint density at radius 2 is 1.86 bits per heavy atom. The van der Waals surface area contributed by atoms with E-state index in [2.05, 4.69) is 11.1 Å². The molecule has 1 aromatic heterocycles. The molecule has 2 saturated carbocycles. The summed E-state index contributed by atoms with van der Waals surface area (Å²) >= 11 is 2.92. The SMILES string of the molecule is COc1ccccc1[C@@H]1c2sc(=O)[nH]c2S[C@@H]2[C@H]3C[C@@H]([C@@H]4C(=O)N(CCCCCC(=O)O)C(=O)[C@@H]34)[C@H]12. The molecule has 0 radical (unpaired) electrons. The van der Waals surface area contributed by atoms with Crippen molar-refractivity contribution in [2.45, 2.75) is 48.3 Å². The van der Waals surface area contributed by atoms with Crippen molar-refractivity contribution in [1.82, 2.24) is 9.88 Å². The first-order valence-corrected chi connectivity index (χ1v) is 14.2. The zero-order valence-electron chi connectivity index (χ0n) is 19.8. The Labute approximate surface area is 216 Å². The van der Waals surface area contributed by atoms with E-state index in [0.29, 0.717) is 25.8 Å². The number of H-pyrrole nitrogens is 1. The van der Waals surface area contributed by atoms with Crippen molar-refractivity contribution in [1.29, 1.82) is 0 Å². The van der Waals surface area contributed by atoms with Crippen molar-refractivity contribution in [3.8, 4) is 5.75 Å². The van der Waals surface area contributed by atoms with Crippen molar-refractivity contribution in [2.75, 3.05) is 13.7 Å². The number of rotatable bonds is 8. The van der Waals surface area contributed by atoms with E-state index in [9.17, 15) is 19.2 Å². The molecule has 3 heterocycles. The van der Waals surface area contributed by atoms with Gasteiger partial charge in [0.15, 0.2) is 0 Å². The highest BCUT2D eigenvalue weighted by Gasteiger charge is 2.69. The maximum Gasteiger partial charge on any atom is 0.305 e. The number of amides is 2. The van der Waals surface area contributed by atoms with E-state index in [1.165, 1.54) is 16.2 Å². The predicted octanol–water partition coefficient (Wildman–Crippen LogP) is 3.56. The van der Waals surface area contributed by atoms with Crippen LogP contribution >= 0.6 is 23.1 Å². The first kappa shape index (κ1) is 23.8. The predicted molar refractivity (Wildman–Crippen MR) is 134 cm³/mol. The molecule has 2 bridgehead atoms. The van der Waals surface area contributed by atoms with E-state index in [4.69, 9.17) is 9.84 Å². The van der Waals surface area contributed by atoms with E-state index in [0.717, 1.165) is 27.6 Å². The van der Waals surface area contributed by atoms with Crippen LogP contribution in [0.5, 0.6) is 5.75 Å². The number of nitrogens with one attached hydrogen (secondary N) is 1. The average molecular weight is 529 g/mol. The summed E-state index contributed by atoms with van der Waals surface area (Å²) in [6.45, 7) is 0.364. The van der Waals surface area contributed by atoms with Gasteiger partial charge in [0.05, 0.1) is 24.0 Å². The molecule has 0 unspecified atom stereocenters. The second-order valence-electron chi connectivity index (χ2n) is 10.2. The third-order valence-corrected chi connectivity index (χ3v) is 11.1. The van der Waals surface area contributed by atoms with Crippen LogP contribution < -0.4 is 9.61 Å². The van der Waals surface area contributed by atoms with Crippen LogP contribution in [0.2, 0.25) is 0 Å². The van der Waals surface area contributed by atoms with Gasteiger partial charge in [-0.3, -0.25) is 24.1 Å². The number of aromatic nitrogens is 1. The molecule has 2 aromatic rings. The number of aromatic amines is 1. The Kier molecular flexibility index (Phi) is 5.99. The number of ether oxygens (including phenoxy) is 1. The average Bonchev–Trinajstić information content (AvgIpc) is 3.58. The van der Waals surface area contributed by atoms with Gasteiger partial charge in [-0.2, -0.15) is 0 Å². The normalized spacial score (nSPS) is 31.9. The highest BCUT2D eigenvalue weighted by atomic mass is 32.2. The number of benzene rings is 1. The van der Waals surface area contributed by atoms with Crippen LogP contribution in [0.25, 0.3) is 0 Å². The minimum atomic E-state index is -0.825. The number of unbranched alkanes of at least 4 members (excludes halogenated alkanes) is 2. The number of carboxylic acid groups (broad SMARTS) is 1. The van der Waals surface area contributed by atoms with Gasteiger partial charge < -0.3 is 14.8 Å². The number of hydrogen-bond acceptors (Lipinski definition) is 7. The summed E-state index contributed by atoms with van der Waals surface area (Å²) in [5.41, 5.74) is 1.03. The van der Waals surface area contributed by atoms with Crippen LogP contribution in [-0.2, 0) is 14.4 Å². The minimum Gasteiger partial charge on any atom is -0.496 e. The maximum absolute atomic E-state index is 13.6. The van der Waals surface area contributed by atoms with Crippen LogP contribution in [0.4, 0.5) is 0 Å². The lowest BCUT2D eigenvalue weighted by Gasteiger charge is -2.43. The maximum atomic E-state index is 13.6. The molecule has 10 heteroatoms. The summed E-state index contributed by atoms with van der Waals surface area (Å²) in [5, 5.41) is 9.87. The highest BCUT2D eigenvalue weighted by molar-refractivity contribution is 8.00. The molecule has 8 nitrogen and oxygen atoms in total. The zero-order chi connectivity index (χ0) is 25.1. The summed E-state index contributed by atoms with van der Waals surface area (Å²) in [6, 6.07) is 7.91. The molecule has 1 aromatic carbocycles. The largest absolute Gasteiger partial charge is 0.496 e. The Morgan fingerprint density at radius 3 is 2.61 bits per heavy atom. The van der Waals surface area contributed by atoms with Gasteiger partial charge in [-0.25, -0.2) is 0 Å². The summed E-state index contributed by atoms with van der Waals surface area (Å²) in [4.78, 5) is 55.6. The van der Waals surface area contributed by atoms with Crippen LogP contribution in [0.15, 0.2) is 34.1 Å². The van der Waals surface area contributed by atoms with E-state index < -0.39 is 5.97 Å². The van der Waals surface area contributed by atoms with Gasteiger partial charge in [0, 0.05) is 34.6 Å². The van der Waals surface area contributed by atoms with E-state index >= 15 is 0 Å². The Morgan fingerprint density at radius 1 is 1.11 bits per heavy atom. The van der Waals surface area contributed by atoms with Crippen LogP contribution in [0, 0.1) is 29.6 Å². The monoisotopic (exact) mass is 528 g/mol. The number of nitrogens with zero attached hydrogens (tertiary/aromatic N) is 1. The van der Waals surface area contributed by atoms with Crippen LogP contribution in [-0.4, -0.2) is 51.7 Å². The van der Waals surface area contributed by atoms with Crippen molar-refractivity contribution in [3.05, 3.63) is 44.4 Å². The fourth-order valence-electron chi connectivity index (χ4n) is 7.29. The van der Waals surface area contributed by atoms with E-state index in [1.54, 1.807) is 18.9 Å². The Balaban J connectivity index is 1.31. The molecule has 36 heavy (non-hydrogen) atoms. The second kappa shape index (κ2) is 9.06. The lowest BCUT2D eigenvalue weighted by atomic mass is 9.68. The molecule has 190 valence electrons. The number of carbonyl (C=O) groups is 3. The fraction of sp³-hybridized carbons (Fsp3) is 0.538. The standard InChI is InChI=1S/C26H28N2O6S2/c1-34-15-8-5-4-7-12(15)17-18-13-11-14(21(18)35-23-22(17)36-26(33)27-23)20-19(13)24(31)28(25(20)32)10-6-2-3-9-16(29)30/h4-5,7-8,13-14,17-21H,2-3,6,9-11H2,1H3,(H,27,33)(H,29,30)/t13-,14+,17+,18-,19+,20+,21-/m1/s1. The number of aliphatic carboxylic acids is 1. The van der Waals surface area contributed by atoms with Gasteiger partial charge in [-0.05, 0) is 43.1 Å². The number of fused-ring (bicyclic) bond motifs is 9. The number of thiazole rings is 1. The molecule has 0 spiro atoms. The Bertz CT molecular complexity index is 1290. The number of methoxy groups -OCH3 is 1. The molecule has 7 atom stereocenters. The summed E-state index contributed by atoms with van der Waals surface area (Å²) in [7, 11) is 1.65. The smallest absolute Gasteiger partial charge is 0.305 e. The Hall–Kier alpha value is -2.59. The van der Waals surface area contributed by atoms with Gasteiger partial charge in [0.25, 0.3) is 0 Å². The van der Waals surface area contributed by atoms with Crippen LogP contribution in [0.1, 0.15) is 48.5 Å². The molecule has 2 N–H and O–H groups in total. The lowest BCUT2D eigenvalue weighted by molar-refractivity contribution is -0.141. The molecule has 2 aliphatic carbocycles. The van der Waals surface area contributed by atoms with Gasteiger partial charge in [0.1, 0.15) is 5.75 Å². The molecule has 6 rings (SSSR count). The minimum absolute atomic E-state index is 0.0599. The molecule has 4 aliphatic rings. The molecule has 3 fully saturated rings. The third kappa shape index (κ3) is 3.55. The first-order chi connectivity index (χ1) is 17.4. The van der Waals surface area contributed by atoms with Crippen molar-refractivity contribution < 1.29 is 24.2 Å². The van der Waals surface area contributed by atoms with Crippen molar-refractivity contribution in [2.24, 2.45) is 29.6 Å². The topological polar surface area (TPSA) is 117 Å². The molecule has 1 saturated heterocycles. The number of hydrogen-bond donors (Lipinski definition) is 2. The van der Waals surface area contributed by atoms with Gasteiger partial charge in [0.2, 0.25) is 11.8 Å². The number of carboxylic acids is 1. The number of likely N-dealkylation sites (tertiary alicyclic amines) is 1. The van der Waals surface area contributed by atoms with Crippen LogP contribution in [0.3, 0.4) is 0 Å². The molecule has 2 amide bonds. The molecule has 2 aliphatic heterocycles. The van der Waals surface area contributed by atoms with Gasteiger partial charge >= 0.3 is 10.8 Å². The number of carbonyl (C=O) groups excluding carboxylic acids is 2. The lowest BCUT2D eigenvalue weighted by Crippen LogP contribution is -2.42. The number of para-hydroxylation sites is 1. The van der Waals surface area contributed by atoms with Crippen molar-refractivity contribution >= 4 is 40.9 Å². The molecular weight excluding hydrogens is 500 g/mol. The summed E-state index contributed by atoms with van der Waals surface area (Å²) in [5.74, 6) is -0.523. The van der Waals surface area contributed by atoms with E-state index in [1.807, 2.05) is 18.2 Å². The third-order valence-electron chi connectivity index (χ3n) is 8.56. The first-order valence-electron chi connectivity index (χ1n) is 12.5. The quantitative estimate of drug-likeness (QED) is 0.397. The van der Waals surface area contributed by atoms with E-state index in [-0.39, 0.29) is 63.9 Å². The molecular formula is C26H28N2O6S2.